The van der Waals surface area contributed by atoms with E-state index in [1.165, 1.54) is 6.42 Å². The molecule has 0 aliphatic heterocycles. The van der Waals surface area contributed by atoms with Crippen molar-refractivity contribution in [2.45, 2.75) is 31.3 Å². The van der Waals surface area contributed by atoms with E-state index in [2.05, 4.69) is 5.32 Å². The van der Waals surface area contributed by atoms with Gasteiger partial charge in [-0.05, 0) is 19.3 Å². The van der Waals surface area contributed by atoms with Crippen LogP contribution in [0.25, 0.3) is 0 Å². The lowest BCUT2D eigenvalue weighted by molar-refractivity contribution is 0.324. The molecule has 1 aromatic carbocycles. The maximum absolute atomic E-state index is 6.07. The summed E-state index contributed by atoms with van der Waals surface area (Å²) in [6.45, 7) is 0. The van der Waals surface area contributed by atoms with Crippen LogP contribution in [0.4, 0.5) is 5.69 Å². The van der Waals surface area contributed by atoms with Crippen LogP contribution in [0, 0.1) is 0 Å². The third-order valence-electron chi connectivity index (χ3n) is 3.59. The van der Waals surface area contributed by atoms with E-state index in [0.29, 0.717) is 23.3 Å². The Morgan fingerprint density at radius 3 is 2.11 bits per heavy atom. The van der Waals surface area contributed by atoms with Crippen molar-refractivity contribution in [2.24, 2.45) is 5.73 Å². The lowest BCUT2D eigenvalue weighted by atomic mass is 10.1. The number of ether oxygens (including phenoxy) is 3. The summed E-state index contributed by atoms with van der Waals surface area (Å²) in [5.74, 6) is 1.90. The summed E-state index contributed by atoms with van der Waals surface area (Å²) in [5.41, 5.74) is 7.02. The Labute approximate surface area is 114 Å². The number of hydrogen-bond acceptors (Lipinski definition) is 5. The number of methoxy groups -OCH3 is 3. The molecule has 5 heteroatoms. The van der Waals surface area contributed by atoms with E-state index in [1.54, 1.807) is 21.3 Å². The van der Waals surface area contributed by atoms with E-state index in [4.69, 9.17) is 19.9 Å². The monoisotopic (exact) mass is 266 g/mol. The first-order chi connectivity index (χ1) is 9.19. The van der Waals surface area contributed by atoms with Crippen molar-refractivity contribution in [3.63, 3.8) is 0 Å². The van der Waals surface area contributed by atoms with Crippen LogP contribution in [0.15, 0.2) is 12.1 Å². The van der Waals surface area contributed by atoms with E-state index in [9.17, 15) is 0 Å². The zero-order valence-electron chi connectivity index (χ0n) is 11.7. The molecule has 0 aromatic heterocycles. The van der Waals surface area contributed by atoms with Crippen molar-refractivity contribution in [1.82, 2.24) is 0 Å². The second kappa shape index (κ2) is 6.02. The standard InChI is InChI=1S/C14H22N2O3/c1-17-12-7-9(8-13(18-2)14(12)19-3)16-11-6-4-5-10(11)15/h7-8,10-11,16H,4-6,15H2,1-3H3/t10-,11-/m1/s1. The molecule has 0 spiro atoms. The average Bonchev–Trinajstić information content (AvgIpc) is 2.83. The molecular formula is C14H22N2O3. The molecule has 0 unspecified atom stereocenters. The minimum atomic E-state index is 0.207. The van der Waals surface area contributed by atoms with Gasteiger partial charge in [-0.2, -0.15) is 0 Å². The van der Waals surface area contributed by atoms with E-state index in [0.717, 1.165) is 18.5 Å². The summed E-state index contributed by atoms with van der Waals surface area (Å²) in [6, 6.07) is 4.33. The molecule has 1 saturated carbocycles. The molecule has 106 valence electrons. The van der Waals surface area contributed by atoms with Crippen LogP contribution < -0.4 is 25.3 Å². The van der Waals surface area contributed by atoms with Crippen LogP contribution in [0.5, 0.6) is 17.2 Å². The van der Waals surface area contributed by atoms with E-state index in [-0.39, 0.29) is 6.04 Å². The molecule has 0 saturated heterocycles. The Bertz CT molecular complexity index is 412. The first-order valence-corrected chi connectivity index (χ1v) is 6.51. The molecule has 1 aliphatic carbocycles. The van der Waals surface area contributed by atoms with Gasteiger partial charge in [0.2, 0.25) is 5.75 Å². The zero-order chi connectivity index (χ0) is 13.8. The Morgan fingerprint density at radius 1 is 1.05 bits per heavy atom. The van der Waals surface area contributed by atoms with Crippen molar-refractivity contribution in [1.29, 1.82) is 0 Å². The molecule has 0 radical (unpaired) electrons. The molecule has 5 nitrogen and oxygen atoms in total. The van der Waals surface area contributed by atoms with E-state index >= 15 is 0 Å². The highest BCUT2D eigenvalue weighted by molar-refractivity contribution is 5.63. The van der Waals surface area contributed by atoms with Crippen molar-refractivity contribution < 1.29 is 14.2 Å². The van der Waals surface area contributed by atoms with Gasteiger partial charge in [0.25, 0.3) is 0 Å². The summed E-state index contributed by atoms with van der Waals surface area (Å²) in [6.07, 6.45) is 3.34. The number of nitrogens with two attached hydrogens (primary N) is 1. The Balaban J connectivity index is 2.25. The second-order valence-corrected chi connectivity index (χ2v) is 4.76. The molecule has 0 heterocycles. The SMILES string of the molecule is COc1cc(N[C@@H]2CCC[C@H]2N)cc(OC)c1OC. The van der Waals surface area contributed by atoms with Crippen LogP contribution in [0.3, 0.4) is 0 Å². The first-order valence-electron chi connectivity index (χ1n) is 6.51. The minimum Gasteiger partial charge on any atom is -0.493 e. The Kier molecular flexibility index (Phi) is 4.37. The number of benzene rings is 1. The minimum absolute atomic E-state index is 0.207. The maximum atomic E-state index is 6.07. The zero-order valence-corrected chi connectivity index (χ0v) is 11.7. The van der Waals surface area contributed by atoms with Gasteiger partial charge in [0.15, 0.2) is 11.5 Å². The maximum Gasteiger partial charge on any atom is 0.203 e. The van der Waals surface area contributed by atoms with Crippen LogP contribution in [-0.4, -0.2) is 33.4 Å². The third-order valence-corrected chi connectivity index (χ3v) is 3.59. The fraction of sp³-hybridized carbons (Fsp3) is 0.571. The molecule has 1 aromatic rings. The highest BCUT2D eigenvalue weighted by atomic mass is 16.5. The van der Waals surface area contributed by atoms with Gasteiger partial charge in [0.1, 0.15) is 0 Å². The molecule has 19 heavy (non-hydrogen) atoms. The van der Waals surface area contributed by atoms with Crippen LogP contribution >= 0.6 is 0 Å². The second-order valence-electron chi connectivity index (χ2n) is 4.76. The van der Waals surface area contributed by atoms with Crippen molar-refractivity contribution >= 4 is 5.69 Å². The normalized spacial score (nSPS) is 22.1. The van der Waals surface area contributed by atoms with Gasteiger partial charge >= 0.3 is 0 Å². The van der Waals surface area contributed by atoms with Crippen LogP contribution in [-0.2, 0) is 0 Å². The topological polar surface area (TPSA) is 65.7 Å². The van der Waals surface area contributed by atoms with Crippen LogP contribution in [0.1, 0.15) is 19.3 Å². The van der Waals surface area contributed by atoms with Gasteiger partial charge in [-0.3, -0.25) is 0 Å². The molecule has 3 N–H and O–H groups in total. The lowest BCUT2D eigenvalue weighted by Gasteiger charge is -2.20. The predicted molar refractivity (Wildman–Crippen MR) is 75.3 cm³/mol. The average molecular weight is 266 g/mol. The summed E-state index contributed by atoms with van der Waals surface area (Å²) >= 11 is 0. The van der Waals surface area contributed by atoms with Crippen molar-refractivity contribution in [3.8, 4) is 17.2 Å². The van der Waals surface area contributed by atoms with E-state index in [1.807, 2.05) is 12.1 Å². The number of rotatable bonds is 5. The third kappa shape index (κ3) is 2.87. The molecular weight excluding hydrogens is 244 g/mol. The quantitative estimate of drug-likeness (QED) is 0.853. The summed E-state index contributed by atoms with van der Waals surface area (Å²) in [5, 5.41) is 3.45. The molecule has 1 fully saturated rings. The number of nitrogens with one attached hydrogen (secondary N) is 1. The molecule has 0 amide bonds. The van der Waals surface area contributed by atoms with Gasteiger partial charge in [-0.25, -0.2) is 0 Å². The van der Waals surface area contributed by atoms with Crippen molar-refractivity contribution in [3.05, 3.63) is 12.1 Å². The van der Waals surface area contributed by atoms with Crippen molar-refractivity contribution in [2.75, 3.05) is 26.6 Å². The smallest absolute Gasteiger partial charge is 0.203 e. The first kappa shape index (κ1) is 13.8. The summed E-state index contributed by atoms with van der Waals surface area (Å²) in [7, 11) is 4.82. The highest BCUT2D eigenvalue weighted by Gasteiger charge is 2.24. The van der Waals surface area contributed by atoms with Gasteiger partial charge in [0.05, 0.1) is 21.3 Å². The summed E-state index contributed by atoms with van der Waals surface area (Å²) in [4.78, 5) is 0. The van der Waals surface area contributed by atoms with Gasteiger partial charge in [-0.1, -0.05) is 0 Å². The summed E-state index contributed by atoms with van der Waals surface area (Å²) < 4.78 is 16.0. The highest BCUT2D eigenvalue weighted by Crippen LogP contribution is 2.40. The number of anilines is 1. The van der Waals surface area contributed by atoms with E-state index < -0.39 is 0 Å². The molecule has 1 aliphatic rings. The lowest BCUT2D eigenvalue weighted by Crippen LogP contribution is -2.35. The Hall–Kier alpha value is -1.62. The fourth-order valence-electron chi connectivity index (χ4n) is 2.55. The van der Waals surface area contributed by atoms with Gasteiger partial charge in [0, 0.05) is 29.9 Å². The van der Waals surface area contributed by atoms with Crippen LogP contribution in [0.2, 0.25) is 0 Å². The number of hydrogen-bond donors (Lipinski definition) is 2. The predicted octanol–water partition coefficient (Wildman–Crippen LogP) is 2.00. The van der Waals surface area contributed by atoms with Gasteiger partial charge in [-0.15, -0.1) is 0 Å². The Morgan fingerprint density at radius 2 is 1.68 bits per heavy atom. The molecule has 0 bridgehead atoms. The van der Waals surface area contributed by atoms with Gasteiger partial charge < -0.3 is 25.3 Å². The molecule has 2 atom stereocenters. The fourth-order valence-corrected chi connectivity index (χ4v) is 2.55. The largest absolute Gasteiger partial charge is 0.493 e. The molecule has 2 rings (SSSR count).